The van der Waals surface area contributed by atoms with E-state index in [9.17, 15) is 4.79 Å². The fourth-order valence-corrected chi connectivity index (χ4v) is 2.72. The van der Waals surface area contributed by atoms with Crippen molar-refractivity contribution < 1.29 is 4.79 Å². The molecule has 0 bridgehead atoms. The molecule has 0 aliphatic carbocycles. The van der Waals surface area contributed by atoms with E-state index in [0.717, 1.165) is 22.4 Å². The molecule has 0 N–H and O–H groups in total. The van der Waals surface area contributed by atoms with Gasteiger partial charge in [0.15, 0.2) is 5.78 Å². The highest BCUT2D eigenvalue weighted by Gasteiger charge is 2.15. The lowest BCUT2D eigenvalue weighted by atomic mass is 10.1. The van der Waals surface area contributed by atoms with Gasteiger partial charge in [0.1, 0.15) is 12.2 Å². The van der Waals surface area contributed by atoms with Gasteiger partial charge in [0, 0.05) is 16.6 Å². The molecule has 0 atom stereocenters. The molecule has 2 rings (SSSR count). The Morgan fingerprint density at radius 3 is 2.80 bits per heavy atom. The van der Waals surface area contributed by atoms with Crippen LogP contribution in [0.2, 0.25) is 0 Å². The van der Waals surface area contributed by atoms with E-state index in [4.69, 9.17) is 0 Å². The Labute approximate surface area is 127 Å². The predicted octanol–water partition coefficient (Wildman–Crippen LogP) is 3.43. The summed E-state index contributed by atoms with van der Waals surface area (Å²) in [5.41, 5.74) is 1.81. The van der Waals surface area contributed by atoms with E-state index < -0.39 is 0 Å². The molecule has 0 saturated carbocycles. The van der Waals surface area contributed by atoms with Crippen LogP contribution in [-0.4, -0.2) is 20.5 Å². The highest BCUT2D eigenvalue weighted by molar-refractivity contribution is 9.10. The van der Waals surface area contributed by atoms with Crippen molar-refractivity contribution in [3.05, 3.63) is 46.0 Å². The summed E-state index contributed by atoms with van der Waals surface area (Å²) in [7, 11) is 0. The minimum atomic E-state index is 0.0508. The maximum absolute atomic E-state index is 12.4. The molecule has 1 aromatic carbocycles. The van der Waals surface area contributed by atoms with Crippen molar-refractivity contribution in [3.8, 4) is 0 Å². The number of nitrogens with zero attached hydrogens (tertiary/aromatic N) is 3. The van der Waals surface area contributed by atoms with Crippen molar-refractivity contribution in [2.45, 2.75) is 33.7 Å². The fourth-order valence-electron chi connectivity index (χ4n) is 2.01. The van der Waals surface area contributed by atoms with Crippen LogP contribution in [0.3, 0.4) is 0 Å². The number of aryl methyl sites for hydroxylation is 1. The summed E-state index contributed by atoms with van der Waals surface area (Å²) in [5, 5.41) is 4.18. The number of carbonyl (C=O) groups is 1. The van der Waals surface area contributed by atoms with Crippen LogP contribution in [0.5, 0.6) is 0 Å². The van der Waals surface area contributed by atoms with Gasteiger partial charge in [-0.3, -0.25) is 4.79 Å². The van der Waals surface area contributed by atoms with Crippen LogP contribution in [-0.2, 0) is 13.0 Å². The van der Waals surface area contributed by atoms with Gasteiger partial charge in [0.2, 0.25) is 0 Å². The summed E-state index contributed by atoms with van der Waals surface area (Å²) in [5.74, 6) is 1.24. The zero-order valence-electron chi connectivity index (χ0n) is 11.9. The average molecular weight is 336 g/mol. The van der Waals surface area contributed by atoms with E-state index >= 15 is 0 Å². The standard InChI is InChI=1S/C15H18BrN3O/c1-10(2)8-19-15(17-9-18-19)7-14(20)12-5-4-11(3)6-13(12)16/h4-6,9-10H,7-8H2,1-3H3. The third-order valence-corrected chi connectivity index (χ3v) is 3.63. The number of aromatic nitrogens is 3. The van der Waals surface area contributed by atoms with Crippen molar-refractivity contribution >= 4 is 21.7 Å². The summed E-state index contributed by atoms with van der Waals surface area (Å²) in [6.07, 6.45) is 1.78. The van der Waals surface area contributed by atoms with E-state index in [1.165, 1.54) is 6.33 Å². The largest absolute Gasteiger partial charge is 0.294 e. The van der Waals surface area contributed by atoms with Gasteiger partial charge in [0.05, 0.1) is 6.42 Å². The Morgan fingerprint density at radius 1 is 1.40 bits per heavy atom. The van der Waals surface area contributed by atoms with Crippen LogP contribution < -0.4 is 0 Å². The van der Waals surface area contributed by atoms with Crippen LogP contribution >= 0.6 is 15.9 Å². The maximum atomic E-state index is 12.4. The quantitative estimate of drug-likeness (QED) is 0.786. The Morgan fingerprint density at radius 2 is 2.15 bits per heavy atom. The molecular weight excluding hydrogens is 318 g/mol. The number of halogens is 1. The van der Waals surface area contributed by atoms with E-state index in [-0.39, 0.29) is 12.2 Å². The summed E-state index contributed by atoms with van der Waals surface area (Å²) < 4.78 is 2.64. The number of benzene rings is 1. The van der Waals surface area contributed by atoms with Gasteiger partial charge in [-0.25, -0.2) is 9.67 Å². The highest BCUT2D eigenvalue weighted by Crippen LogP contribution is 2.20. The van der Waals surface area contributed by atoms with Gasteiger partial charge in [-0.15, -0.1) is 0 Å². The molecule has 0 spiro atoms. The number of ketones is 1. The van der Waals surface area contributed by atoms with Gasteiger partial charge in [-0.2, -0.15) is 5.10 Å². The summed E-state index contributed by atoms with van der Waals surface area (Å²) >= 11 is 3.45. The van der Waals surface area contributed by atoms with Crippen LogP contribution in [0, 0.1) is 12.8 Å². The first-order chi connectivity index (χ1) is 9.47. The van der Waals surface area contributed by atoms with Crippen LogP contribution in [0.4, 0.5) is 0 Å². The lowest BCUT2D eigenvalue weighted by Crippen LogP contribution is -2.14. The molecule has 20 heavy (non-hydrogen) atoms. The molecule has 0 unspecified atom stereocenters. The summed E-state index contributed by atoms with van der Waals surface area (Å²) in [6.45, 7) is 7.00. The zero-order chi connectivity index (χ0) is 14.7. The SMILES string of the molecule is Cc1ccc(C(=O)Cc2ncnn2CC(C)C)c(Br)c1. The molecule has 1 aromatic heterocycles. The van der Waals surface area contributed by atoms with Gasteiger partial charge in [-0.1, -0.05) is 35.8 Å². The predicted molar refractivity (Wildman–Crippen MR) is 81.8 cm³/mol. The second-order valence-electron chi connectivity index (χ2n) is 5.34. The smallest absolute Gasteiger partial charge is 0.171 e. The molecule has 5 heteroatoms. The van der Waals surface area contributed by atoms with Crippen LogP contribution in [0.25, 0.3) is 0 Å². The molecule has 0 aliphatic rings. The molecule has 106 valence electrons. The lowest BCUT2D eigenvalue weighted by Gasteiger charge is -2.09. The molecule has 1 heterocycles. The van der Waals surface area contributed by atoms with Gasteiger partial charge in [-0.05, 0) is 30.5 Å². The van der Waals surface area contributed by atoms with Crippen molar-refractivity contribution in [2.24, 2.45) is 5.92 Å². The lowest BCUT2D eigenvalue weighted by molar-refractivity contribution is 0.0988. The summed E-state index contributed by atoms with van der Waals surface area (Å²) in [6, 6.07) is 5.74. The number of hydrogen-bond donors (Lipinski definition) is 0. The van der Waals surface area contributed by atoms with E-state index in [2.05, 4.69) is 39.9 Å². The van der Waals surface area contributed by atoms with Gasteiger partial charge >= 0.3 is 0 Å². The Bertz CT molecular complexity index is 619. The van der Waals surface area contributed by atoms with Crippen molar-refractivity contribution in [2.75, 3.05) is 0 Å². The first-order valence-corrected chi connectivity index (χ1v) is 7.42. The van der Waals surface area contributed by atoms with Crippen LogP contribution in [0.1, 0.15) is 35.6 Å². The molecule has 0 fully saturated rings. The number of rotatable bonds is 5. The first-order valence-electron chi connectivity index (χ1n) is 6.63. The second kappa shape index (κ2) is 6.31. The number of Topliss-reactive ketones (excluding diaryl/α,β-unsaturated/α-hetero) is 1. The van der Waals surface area contributed by atoms with Crippen molar-refractivity contribution in [3.63, 3.8) is 0 Å². The first kappa shape index (κ1) is 14.9. The average Bonchev–Trinajstić information content (AvgIpc) is 2.75. The minimum Gasteiger partial charge on any atom is -0.294 e. The van der Waals surface area contributed by atoms with Gasteiger partial charge < -0.3 is 0 Å². The maximum Gasteiger partial charge on any atom is 0.171 e. The van der Waals surface area contributed by atoms with Crippen molar-refractivity contribution in [1.82, 2.24) is 14.8 Å². The minimum absolute atomic E-state index is 0.0508. The third-order valence-electron chi connectivity index (χ3n) is 2.98. The Kier molecular flexibility index (Phi) is 4.70. The van der Waals surface area contributed by atoms with E-state index in [1.807, 2.05) is 29.8 Å². The molecule has 0 saturated heterocycles. The molecule has 0 radical (unpaired) electrons. The second-order valence-corrected chi connectivity index (χ2v) is 6.19. The molecular formula is C15H18BrN3O. The summed E-state index contributed by atoms with van der Waals surface area (Å²) in [4.78, 5) is 16.6. The Hall–Kier alpha value is -1.49. The van der Waals surface area contributed by atoms with Crippen molar-refractivity contribution in [1.29, 1.82) is 0 Å². The Balaban J connectivity index is 2.17. The fraction of sp³-hybridized carbons (Fsp3) is 0.400. The molecule has 4 nitrogen and oxygen atoms in total. The zero-order valence-corrected chi connectivity index (χ0v) is 13.5. The molecule has 2 aromatic rings. The monoisotopic (exact) mass is 335 g/mol. The normalized spacial score (nSPS) is 11.1. The van der Waals surface area contributed by atoms with Gasteiger partial charge in [0.25, 0.3) is 0 Å². The molecule has 0 amide bonds. The highest BCUT2D eigenvalue weighted by atomic mass is 79.9. The van der Waals surface area contributed by atoms with E-state index in [1.54, 1.807) is 0 Å². The topological polar surface area (TPSA) is 47.8 Å². The van der Waals surface area contributed by atoms with E-state index in [0.29, 0.717) is 11.5 Å². The number of carbonyl (C=O) groups excluding carboxylic acids is 1. The van der Waals surface area contributed by atoms with Crippen LogP contribution in [0.15, 0.2) is 29.0 Å². The third kappa shape index (κ3) is 3.54. The number of hydrogen-bond acceptors (Lipinski definition) is 3. The molecule has 0 aliphatic heterocycles.